The van der Waals surface area contributed by atoms with Gasteiger partial charge in [-0.3, -0.25) is 4.57 Å². The van der Waals surface area contributed by atoms with E-state index in [9.17, 15) is 18.6 Å². The molecule has 0 radical (unpaired) electrons. The molecule has 2 atom stereocenters. The van der Waals surface area contributed by atoms with Crippen molar-refractivity contribution in [3.8, 4) is 0 Å². The summed E-state index contributed by atoms with van der Waals surface area (Å²) < 4.78 is 47.5. The first kappa shape index (κ1) is 21.2. The highest BCUT2D eigenvalue weighted by molar-refractivity contribution is 7.68. The van der Waals surface area contributed by atoms with Gasteiger partial charge in [0, 0.05) is 6.20 Å². The number of hydrogen-bond acceptors (Lipinski definition) is 8. The van der Waals surface area contributed by atoms with Gasteiger partial charge in [0.2, 0.25) is 0 Å². The zero-order valence-corrected chi connectivity index (χ0v) is 15.7. The Morgan fingerprint density at radius 2 is 1.77 bits per heavy atom. The Morgan fingerprint density at radius 1 is 1.08 bits per heavy atom. The molecule has 0 spiro atoms. The van der Waals surface area contributed by atoms with Crippen LogP contribution in [0, 0.1) is 0 Å². The van der Waals surface area contributed by atoms with Crippen LogP contribution in [0.4, 0.5) is 5.69 Å². The molecule has 146 valence electrons. The predicted molar refractivity (Wildman–Crippen MR) is 88.0 cm³/mol. The van der Waals surface area contributed by atoms with E-state index in [0.29, 0.717) is 16.9 Å². The standard InChI is InChI=1S/C10H16N3O10P3/c11-9-3-4-12-13-8(1-2-10(9)13)7-21-5-6-24(14,15)22-26(19,20)23-25(16,17)18/h1-4H,5-7,11H2,(H,14,15)(H,19,20)(H2,16,17,18). The number of nitrogen functional groups attached to an aromatic ring is 1. The summed E-state index contributed by atoms with van der Waals surface area (Å²) in [4.78, 5) is 35.4. The molecule has 0 saturated heterocycles. The summed E-state index contributed by atoms with van der Waals surface area (Å²) in [5.74, 6) is 0. The molecule has 0 saturated carbocycles. The molecule has 2 rings (SSSR count). The molecule has 0 aliphatic rings. The van der Waals surface area contributed by atoms with Crippen LogP contribution in [0.5, 0.6) is 0 Å². The number of rotatable bonds is 9. The number of aromatic nitrogens is 2. The van der Waals surface area contributed by atoms with E-state index < -0.39 is 29.4 Å². The average molecular weight is 431 g/mol. The minimum absolute atomic E-state index is 0.0135. The molecule has 0 aliphatic carbocycles. The Kier molecular flexibility index (Phi) is 6.42. The summed E-state index contributed by atoms with van der Waals surface area (Å²) in [7, 11) is -15.5. The van der Waals surface area contributed by atoms with E-state index in [1.807, 2.05) is 0 Å². The van der Waals surface area contributed by atoms with Crippen molar-refractivity contribution >= 4 is 34.4 Å². The van der Waals surface area contributed by atoms with Crippen LogP contribution in [-0.4, -0.2) is 42.0 Å². The Labute approximate surface area is 146 Å². The maximum atomic E-state index is 11.7. The van der Waals surface area contributed by atoms with E-state index in [0.717, 1.165) is 0 Å². The van der Waals surface area contributed by atoms with Gasteiger partial charge in [-0.25, -0.2) is 18.0 Å². The lowest BCUT2D eigenvalue weighted by atomic mass is 10.4. The third kappa shape index (κ3) is 6.26. The lowest BCUT2D eigenvalue weighted by molar-refractivity contribution is 0.128. The fourth-order valence-electron chi connectivity index (χ4n) is 1.91. The van der Waals surface area contributed by atoms with Crippen LogP contribution in [0.15, 0.2) is 24.4 Å². The second-order valence-corrected chi connectivity index (χ2v) is 9.89. The van der Waals surface area contributed by atoms with Gasteiger partial charge in [0.25, 0.3) is 0 Å². The van der Waals surface area contributed by atoms with Crippen molar-refractivity contribution in [2.75, 3.05) is 18.5 Å². The fourth-order valence-corrected chi connectivity index (χ4v) is 5.35. The molecule has 2 unspecified atom stereocenters. The lowest BCUT2D eigenvalue weighted by Crippen LogP contribution is -2.06. The van der Waals surface area contributed by atoms with Crippen LogP contribution in [0.25, 0.3) is 5.52 Å². The highest BCUT2D eigenvalue weighted by atomic mass is 31.3. The maximum Gasteiger partial charge on any atom is 0.488 e. The van der Waals surface area contributed by atoms with Crippen molar-refractivity contribution < 1.29 is 46.6 Å². The first-order chi connectivity index (χ1) is 11.9. The van der Waals surface area contributed by atoms with E-state index in [4.69, 9.17) is 25.2 Å². The lowest BCUT2D eigenvalue weighted by Gasteiger charge is -2.16. The number of ether oxygens (including phenoxy) is 1. The van der Waals surface area contributed by atoms with Crippen molar-refractivity contribution in [2.45, 2.75) is 6.61 Å². The Bertz CT molecular complexity index is 924. The summed E-state index contributed by atoms with van der Waals surface area (Å²) in [5.41, 5.74) is 7.53. The minimum Gasteiger partial charge on any atom is -0.397 e. The van der Waals surface area contributed by atoms with E-state index in [2.05, 4.69) is 13.7 Å². The molecule has 16 heteroatoms. The largest absolute Gasteiger partial charge is 0.488 e. The zero-order valence-electron chi connectivity index (χ0n) is 13.0. The van der Waals surface area contributed by atoms with Gasteiger partial charge in [-0.1, -0.05) is 0 Å². The van der Waals surface area contributed by atoms with Crippen LogP contribution < -0.4 is 5.73 Å². The van der Waals surface area contributed by atoms with Crippen LogP contribution in [0.3, 0.4) is 0 Å². The smallest absolute Gasteiger partial charge is 0.397 e. The normalized spacial score (nSPS) is 17.1. The van der Waals surface area contributed by atoms with Crippen molar-refractivity contribution in [1.82, 2.24) is 9.61 Å². The molecule has 6 N–H and O–H groups in total. The quantitative estimate of drug-likeness (QED) is 0.277. The molecular weight excluding hydrogens is 415 g/mol. The first-order valence-corrected chi connectivity index (χ1v) is 11.6. The molecule has 26 heavy (non-hydrogen) atoms. The van der Waals surface area contributed by atoms with E-state index in [1.54, 1.807) is 18.2 Å². The average Bonchev–Trinajstić information content (AvgIpc) is 2.84. The van der Waals surface area contributed by atoms with Crippen molar-refractivity contribution in [3.63, 3.8) is 0 Å². The van der Waals surface area contributed by atoms with E-state index in [1.165, 1.54) is 10.7 Å². The molecule has 0 bridgehead atoms. The highest BCUT2D eigenvalue weighted by Gasteiger charge is 2.39. The third-order valence-electron chi connectivity index (χ3n) is 2.87. The Hall–Kier alpha value is -1.10. The van der Waals surface area contributed by atoms with Gasteiger partial charge < -0.3 is 30.0 Å². The summed E-state index contributed by atoms with van der Waals surface area (Å²) in [5, 5.41) is 4.08. The number of phosphoric acid groups is 2. The van der Waals surface area contributed by atoms with E-state index in [-0.39, 0.29) is 13.2 Å². The van der Waals surface area contributed by atoms with Crippen molar-refractivity contribution in [2.24, 2.45) is 0 Å². The third-order valence-corrected chi connectivity index (χ3v) is 7.14. The molecule has 0 fully saturated rings. The molecule has 0 aromatic carbocycles. The van der Waals surface area contributed by atoms with Crippen LogP contribution in [0.2, 0.25) is 0 Å². The number of nitrogens with zero attached hydrogens (tertiary/aromatic N) is 2. The maximum absolute atomic E-state index is 11.7. The van der Waals surface area contributed by atoms with Crippen LogP contribution in [0.1, 0.15) is 5.69 Å². The van der Waals surface area contributed by atoms with Gasteiger partial charge >= 0.3 is 23.2 Å². The molecule has 0 aliphatic heterocycles. The SMILES string of the molecule is Nc1ccnn2c(COCCP(=O)(O)OP(=O)(O)OP(=O)(O)O)ccc12. The summed E-state index contributed by atoms with van der Waals surface area (Å²) >= 11 is 0. The van der Waals surface area contributed by atoms with Gasteiger partial charge in [0.1, 0.15) is 0 Å². The second kappa shape index (κ2) is 7.87. The molecule has 2 heterocycles. The summed E-state index contributed by atoms with van der Waals surface area (Å²) in [6.45, 7) is -0.375. The van der Waals surface area contributed by atoms with Gasteiger partial charge in [-0.2, -0.15) is 9.41 Å². The van der Waals surface area contributed by atoms with Gasteiger partial charge in [0.05, 0.1) is 36.3 Å². The molecular formula is C10H16N3O10P3. The number of nitrogens with two attached hydrogens (primary N) is 1. The first-order valence-electron chi connectivity index (χ1n) is 6.80. The highest BCUT2D eigenvalue weighted by Crippen LogP contribution is 2.65. The summed E-state index contributed by atoms with van der Waals surface area (Å²) in [6.07, 6.45) is 0.766. The number of anilines is 1. The second-order valence-electron chi connectivity index (χ2n) is 4.94. The fraction of sp³-hybridized carbons (Fsp3) is 0.300. The zero-order chi connectivity index (χ0) is 19.6. The van der Waals surface area contributed by atoms with Crippen molar-refractivity contribution in [1.29, 1.82) is 0 Å². The Morgan fingerprint density at radius 3 is 2.42 bits per heavy atom. The van der Waals surface area contributed by atoms with Crippen LogP contribution >= 0.6 is 23.2 Å². The molecule has 13 nitrogen and oxygen atoms in total. The van der Waals surface area contributed by atoms with E-state index >= 15 is 0 Å². The van der Waals surface area contributed by atoms with Gasteiger partial charge in [-0.15, -0.1) is 0 Å². The monoisotopic (exact) mass is 431 g/mol. The van der Waals surface area contributed by atoms with Gasteiger partial charge in [0.15, 0.2) is 0 Å². The molecule has 0 amide bonds. The Balaban J connectivity index is 1.88. The number of hydrogen-bond donors (Lipinski definition) is 5. The van der Waals surface area contributed by atoms with Gasteiger partial charge in [-0.05, 0) is 18.2 Å². The predicted octanol–water partition coefficient (Wildman–Crippen LogP) is 0.845. The summed E-state index contributed by atoms with van der Waals surface area (Å²) in [6, 6.07) is 5.01. The molecule has 2 aromatic heterocycles. The topological polar surface area (TPSA) is 203 Å². The van der Waals surface area contributed by atoms with Crippen molar-refractivity contribution in [3.05, 3.63) is 30.1 Å². The van der Waals surface area contributed by atoms with Crippen LogP contribution in [-0.2, 0) is 33.7 Å². The molecule has 2 aromatic rings. The number of fused-ring (bicyclic) bond motifs is 1. The minimum atomic E-state index is -5.43.